The summed E-state index contributed by atoms with van der Waals surface area (Å²) in [5.74, 6) is 0.661. The number of benzene rings is 2. The van der Waals surface area contributed by atoms with E-state index in [1.54, 1.807) is 13.2 Å². The first kappa shape index (κ1) is 15.9. The van der Waals surface area contributed by atoms with Crippen LogP contribution in [0.25, 0.3) is 0 Å². The van der Waals surface area contributed by atoms with Crippen LogP contribution in [-0.4, -0.2) is 7.11 Å². The maximum atomic E-state index is 9.25. The van der Waals surface area contributed by atoms with E-state index < -0.39 is 0 Å². The molecule has 3 nitrogen and oxygen atoms in total. The molecule has 2 aromatic carbocycles. The molecule has 0 saturated carbocycles. The van der Waals surface area contributed by atoms with Crippen LogP contribution in [0.2, 0.25) is 0 Å². The van der Waals surface area contributed by atoms with Crippen molar-refractivity contribution < 1.29 is 4.74 Å². The van der Waals surface area contributed by atoms with E-state index >= 15 is 0 Å². The largest absolute Gasteiger partial charge is 0.495 e. The fraction of sp³-hybridized carbons (Fsp3) is 0.188. The van der Waals surface area contributed by atoms with Crippen molar-refractivity contribution in [3.05, 3.63) is 56.5 Å². The second-order valence-corrected chi connectivity index (χ2v) is 6.30. The minimum atomic E-state index is 0.0240. The fourth-order valence-electron chi connectivity index (χ4n) is 2.09. The van der Waals surface area contributed by atoms with Crippen LogP contribution >= 0.6 is 31.9 Å². The summed E-state index contributed by atoms with van der Waals surface area (Å²) in [4.78, 5) is 0. The molecule has 0 bridgehead atoms. The lowest BCUT2D eigenvalue weighted by molar-refractivity contribution is 0.416. The van der Waals surface area contributed by atoms with Gasteiger partial charge in [-0.15, -0.1) is 0 Å². The highest BCUT2D eigenvalue weighted by Crippen LogP contribution is 2.34. The van der Waals surface area contributed by atoms with Crippen LogP contribution in [0.5, 0.6) is 5.75 Å². The van der Waals surface area contributed by atoms with Gasteiger partial charge in [-0.25, -0.2) is 0 Å². The van der Waals surface area contributed by atoms with Crippen molar-refractivity contribution in [3.8, 4) is 11.8 Å². The van der Waals surface area contributed by atoms with Gasteiger partial charge in [0.05, 0.1) is 18.4 Å². The van der Waals surface area contributed by atoms with Crippen molar-refractivity contribution in [2.75, 3.05) is 12.4 Å². The molecule has 0 aliphatic heterocycles. The maximum absolute atomic E-state index is 9.25. The number of ether oxygens (including phenoxy) is 1. The first-order valence-corrected chi connectivity index (χ1v) is 7.94. The number of nitriles is 1. The van der Waals surface area contributed by atoms with Gasteiger partial charge in [0.2, 0.25) is 0 Å². The van der Waals surface area contributed by atoms with Gasteiger partial charge in [-0.2, -0.15) is 5.26 Å². The molecule has 2 rings (SSSR count). The minimum absolute atomic E-state index is 0.0240. The van der Waals surface area contributed by atoms with E-state index in [0.717, 1.165) is 14.5 Å². The molecule has 0 spiro atoms. The SMILES string of the molecule is COc1cccc(C#N)c1NC(C)c1ccc(Br)cc1Br. The van der Waals surface area contributed by atoms with E-state index in [2.05, 4.69) is 43.2 Å². The Balaban J connectivity index is 2.36. The van der Waals surface area contributed by atoms with Gasteiger partial charge in [0, 0.05) is 15.0 Å². The molecule has 1 N–H and O–H groups in total. The molecular formula is C16H14Br2N2O. The summed E-state index contributed by atoms with van der Waals surface area (Å²) < 4.78 is 7.36. The van der Waals surface area contributed by atoms with Crippen LogP contribution in [0.1, 0.15) is 24.1 Å². The lowest BCUT2D eigenvalue weighted by atomic mass is 10.1. The molecule has 1 atom stereocenters. The quantitative estimate of drug-likeness (QED) is 0.748. The first-order valence-electron chi connectivity index (χ1n) is 6.35. The summed E-state index contributed by atoms with van der Waals surface area (Å²) in [7, 11) is 1.60. The van der Waals surface area contributed by atoms with E-state index in [9.17, 15) is 5.26 Å². The lowest BCUT2D eigenvalue weighted by Crippen LogP contribution is -2.09. The van der Waals surface area contributed by atoms with Gasteiger partial charge < -0.3 is 10.1 Å². The zero-order valence-electron chi connectivity index (χ0n) is 11.7. The predicted molar refractivity (Wildman–Crippen MR) is 91.6 cm³/mol. The van der Waals surface area contributed by atoms with Crippen molar-refractivity contribution in [3.63, 3.8) is 0 Å². The third-order valence-electron chi connectivity index (χ3n) is 3.16. The van der Waals surface area contributed by atoms with Crippen LogP contribution in [-0.2, 0) is 0 Å². The number of hydrogen-bond acceptors (Lipinski definition) is 3. The highest BCUT2D eigenvalue weighted by atomic mass is 79.9. The molecule has 0 aliphatic carbocycles. The highest BCUT2D eigenvalue weighted by molar-refractivity contribution is 9.11. The Kier molecular flexibility index (Phi) is 5.27. The second-order valence-electron chi connectivity index (χ2n) is 4.53. The van der Waals surface area contributed by atoms with E-state index in [4.69, 9.17) is 4.74 Å². The average molecular weight is 410 g/mol. The van der Waals surface area contributed by atoms with Gasteiger partial charge in [0.25, 0.3) is 0 Å². The van der Waals surface area contributed by atoms with Gasteiger partial charge in [-0.1, -0.05) is 44.0 Å². The smallest absolute Gasteiger partial charge is 0.143 e. The summed E-state index contributed by atoms with van der Waals surface area (Å²) in [6, 6.07) is 13.7. The van der Waals surface area contributed by atoms with Crippen LogP contribution < -0.4 is 10.1 Å². The molecule has 2 aromatic rings. The number of anilines is 1. The number of hydrogen-bond donors (Lipinski definition) is 1. The molecule has 0 saturated heterocycles. The fourth-order valence-corrected chi connectivity index (χ4v) is 3.48. The van der Waals surface area contributed by atoms with Crippen molar-refractivity contribution in [1.29, 1.82) is 5.26 Å². The van der Waals surface area contributed by atoms with Crippen molar-refractivity contribution in [2.45, 2.75) is 13.0 Å². The predicted octanol–water partition coefficient (Wildman–Crippen LogP) is 5.26. The molecule has 5 heteroatoms. The third kappa shape index (κ3) is 3.58. The van der Waals surface area contributed by atoms with Gasteiger partial charge in [0.1, 0.15) is 11.8 Å². The van der Waals surface area contributed by atoms with E-state index in [1.165, 1.54) is 0 Å². The summed E-state index contributed by atoms with van der Waals surface area (Å²) in [5, 5.41) is 12.6. The number of halogens is 2. The first-order chi connectivity index (χ1) is 10.1. The highest BCUT2D eigenvalue weighted by Gasteiger charge is 2.15. The molecule has 0 aromatic heterocycles. The monoisotopic (exact) mass is 408 g/mol. The van der Waals surface area contributed by atoms with Crippen molar-refractivity contribution in [1.82, 2.24) is 0 Å². The van der Waals surface area contributed by atoms with Crippen LogP contribution in [0.3, 0.4) is 0 Å². The summed E-state index contributed by atoms with van der Waals surface area (Å²) in [5.41, 5.74) is 2.38. The number of rotatable bonds is 4. The van der Waals surface area contributed by atoms with Gasteiger partial charge in [-0.05, 0) is 36.8 Å². The van der Waals surface area contributed by atoms with Crippen molar-refractivity contribution in [2.24, 2.45) is 0 Å². The van der Waals surface area contributed by atoms with E-state index in [0.29, 0.717) is 17.0 Å². The van der Waals surface area contributed by atoms with Gasteiger partial charge in [-0.3, -0.25) is 0 Å². The molecule has 0 heterocycles. The Morgan fingerprint density at radius 1 is 1.24 bits per heavy atom. The van der Waals surface area contributed by atoms with Gasteiger partial charge in [0.15, 0.2) is 0 Å². The van der Waals surface area contributed by atoms with E-state index in [1.807, 2.05) is 37.3 Å². The van der Waals surface area contributed by atoms with Crippen molar-refractivity contribution >= 4 is 37.5 Å². The maximum Gasteiger partial charge on any atom is 0.143 e. The summed E-state index contributed by atoms with van der Waals surface area (Å²) in [6.45, 7) is 2.04. The Morgan fingerprint density at radius 3 is 2.62 bits per heavy atom. The van der Waals surface area contributed by atoms with Crippen LogP contribution in [0, 0.1) is 11.3 Å². The number of methoxy groups -OCH3 is 1. The third-order valence-corrected chi connectivity index (χ3v) is 4.34. The molecular weight excluding hydrogens is 396 g/mol. The number of nitrogens with zero attached hydrogens (tertiary/aromatic N) is 1. The lowest BCUT2D eigenvalue weighted by Gasteiger charge is -2.20. The average Bonchev–Trinajstić information content (AvgIpc) is 2.47. The molecule has 0 radical (unpaired) electrons. The molecule has 0 fully saturated rings. The Bertz CT molecular complexity index is 695. The topological polar surface area (TPSA) is 45.0 Å². The zero-order valence-corrected chi connectivity index (χ0v) is 14.8. The molecule has 0 aliphatic rings. The summed E-state index contributed by atoms with van der Waals surface area (Å²) in [6.07, 6.45) is 0. The molecule has 1 unspecified atom stereocenters. The molecule has 108 valence electrons. The van der Waals surface area contributed by atoms with E-state index in [-0.39, 0.29) is 6.04 Å². The van der Waals surface area contributed by atoms with Crippen LogP contribution in [0.4, 0.5) is 5.69 Å². The molecule has 0 amide bonds. The Labute approximate surface area is 141 Å². The second kappa shape index (κ2) is 6.97. The summed E-state index contributed by atoms with van der Waals surface area (Å²) >= 11 is 7.01. The normalized spacial score (nSPS) is 11.6. The zero-order chi connectivity index (χ0) is 15.4. The number of nitrogens with one attached hydrogen (secondary N) is 1. The standard InChI is InChI=1S/C16H14Br2N2O/c1-10(13-7-6-12(17)8-14(13)18)20-16-11(9-19)4-3-5-15(16)21-2/h3-8,10,20H,1-2H3. The Hall–Kier alpha value is -1.51. The number of para-hydroxylation sites is 1. The van der Waals surface area contributed by atoms with Gasteiger partial charge >= 0.3 is 0 Å². The molecule has 21 heavy (non-hydrogen) atoms. The van der Waals surface area contributed by atoms with Crippen LogP contribution in [0.15, 0.2) is 45.3 Å². The Morgan fingerprint density at radius 2 is 2.00 bits per heavy atom. The minimum Gasteiger partial charge on any atom is -0.495 e.